The van der Waals surface area contributed by atoms with Crippen LogP contribution in [0.2, 0.25) is 0 Å². The number of nitrogens with zero attached hydrogens (tertiary/aromatic N) is 2. The zero-order valence-corrected chi connectivity index (χ0v) is 15.5. The number of amides is 2. The average Bonchev–Trinajstić information content (AvgIpc) is 3.34. The van der Waals surface area contributed by atoms with Gasteiger partial charge in [-0.3, -0.25) is 9.59 Å². The molecule has 0 aliphatic carbocycles. The molecule has 1 aliphatic heterocycles. The fourth-order valence-corrected chi connectivity index (χ4v) is 5.39. The van der Waals surface area contributed by atoms with Gasteiger partial charge in [-0.2, -0.15) is 0 Å². The van der Waals surface area contributed by atoms with Crippen molar-refractivity contribution in [1.29, 1.82) is 0 Å². The molecule has 9 nitrogen and oxygen atoms in total. The number of hydrogen-bond acceptors (Lipinski definition) is 7. The maximum Gasteiger partial charge on any atom is 0.263 e. The second-order valence-electron chi connectivity index (χ2n) is 6.25. The Morgan fingerprint density at radius 2 is 1.85 bits per heavy atom. The number of imidazole rings is 1. The van der Waals surface area contributed by atoms with Crippen molar-refractivity contribution in [3.8, 4) is 0 Å². The lowest BCUT2D eigenvalue weighted by Gasteiger charge is -2.20. The van der Waals surface area contributed by atoms with E-state index in [4.69, 9.17) is 0 Å². The third-order valence-corrected chi connectivity index (χ3v) is 6.81. The van der Waals surface area contributed by atoms with Crippen LogP contribution in [0.25, 0.3) is 11.0 Å². The number of fused-ring (bicyclic) bond motifs is 1. The van der Waals surface area contributed by atoms with Crippen LogP contribution in [0.4, 0.5) is 0 Å². The van der Waals surface area contributed by atoms with Crippen molar-refractivity contribution in [2.45, 2.75) is 12.1 Å². The highest BCUT2D eigenvalue weighted by Gasteiger charge is 2.39. The Kier molecular flexibility index (Phi) is 4.40. The standard InChI is InChI=1S/C16H15N5O4S2/c22-15(9-1-2-10-11(5-9)18-8-17-10)20-12-6-27(24,25)7-13(12)21-16(23)14-3-4-19-26-14/h1-5,8,12-13H,6-7H2,(H,17,18)(H,20,22)(H,21,23)/t12-,13+/m0/s1. The molecule has 0 saturated carbocycles. The highest BCUT2D eigenvalue weighted by molar-refractivity contribution is 7.91. The van der Waals surface area contributed by atoms with Gasteiger partial charge in [0.15, 0.2) is 9.84 Å². The molecule has 1 aromatic carbocycles. The summed E-state index contributed by atoms with van der Waals surface area (Å²) < 4.78 is 28.0. The highest BCUT2D eigenvalue weighted by Crippen LogP contribution is 2.17. The highest BCUT2D eigenvalue weighted by atomic mass is 32.2. The fourth-order valence-electron chi connectivity index (χ4n) is 3.03. The minimum Gasteiger partial charge on any atom is -0.346 e. The van der Waals surface area contributed by atoms with E-state index in [1.807, 2.05) is 0 Å². The summed E-state index contributed by atoms with van der Waals surface area (Å²) in [5, 5.41) is 5.42. The van der Waals surface area contributed by atoms with Crippen LogP contribution >= 0.6 is 11.5 Å². The second kappa shape index (κ2) is 6.74. The first-order valence-electron chi connectivity index (χ1n) is 8.07. The molecule has 27 heavy (non-hydrogen) atoms. The third-order valence-electron chi connectivity index (χ3n) is 4.33. The van der Waals surface area contributed by atoms with Gasteiger partial charge in [0.05, 0.1) is 41.0 Å². The zero-order valence-electron chi connectivity index (χ0n) is 13.9. The minimum atomic E-state index is -3.37. The summed E-state index contributed by atoms with van der Waals surface area (Å²) in [6.45, 7) is 0. The van der Waals surface area contributed by atoms with E-state index < -0.39 is 33.7 Å². The summed E-state index contributed by atoms with van der Waals surface area (Å²) in [6, 6.07) is 5.10. The van der Waals surface area contributed by atoms with Crippen molar-refractivity contribution in [3.63, 3.8) is 0 Å². The van der Waals surface area contributed by atoms with Crippen molar-refractivity contribution in [1.82, 2.24) is 25.0 Å². The monoisotopic (exact) mass is 405 g/mol. The number of benzene rings is 1. The summed E-state index contributed by atoms with van der Waals surface area (Å²) in [6.07, 6.45) is 3.02. The maximum absolute atomic E-state index is 12.6. The molecule has 3 aromatic rings. The van der Waals surface area contributed by atoms with Crippen LogP contribution in [0.3, 0.4) is 0 Å². The molecular weight excluding hydrogens is 390 g/mol. The molecule has 2 atom stereocenters. The average molecular weight is 405 g/mol. The van der Waals surface area contributed by atoms with Gasteiger partial charge in [-0.15, -0.1) is 0 Å². The Labute approximate surface area is 158 Å². The molecule has 3 N–H and O–H groups in total. The van der Waals surface area contributed by atoms with E-state index in [-0.39, 0.29) is 11.5 Å². The smallest absolute Gasteiger partial charge is 0.263 e. The molecule has 1 saturated heterocycles. The number of aromatic amines is 1. The lowest BCUT2D eigenvalue weighted by Crippen LogP contribution is -2.50. The number of H-pyrrole nitrogens is 1. The van der Waals surface area contributed by atoms with Crippen molar-refractivity contribution < 1.29 is 18.0 Å². The van der Waals surface area contributed by atoms with Crippen molar-refractivity contribution in [3.05, 3.63) is 47.2 Å². The predicted octanol–water partition coefficient (Wildman–Crippen LogP) is 0.345. The van der Waals surface area contributed by atoms with E-state index in [0.717, 1.165) is 17.0 Å². The number of sulfone groups is 1. The van der Waals surface area contributed by atoms with Crippen molar-refractivity contribution in [2.75, 3.05) is 11.5 Å². The molecule has 2 aromatic heterocycles. The molecule has 1 aliphatic rings. The van der Waals surface area contributed by atoms with Gasteiger partial charge in [0, 0.05) is 11.8 Å². The minimum absolute atomic E-state index is 0.220. The number of aromatic nitrogens is 3. The first kappa shape index (κ1) is 17.6. The maximum atomic E-state index is 12.6. The zero-order chi connectivity index (χ0) is 19.0. The van der Waals surface area contributed by atoms with Gasteiger partial charge in [0.1, 0.15) is 4.88 Å². The largest absolute Gasteiger partial charge is 0.346 e. The quantitative estimate of drug-likeness (QED) is 0.573. The summed E-state index contributed by atoms with van der Waals surface area (Å²) in [5.41, 5.74) is 1.81. The van der Waals surface area contributed by atoms with Crippen LogP contribution < -0.4 is 10.6 Å². The Bertz CT molecular complexity index is 1110. The van der Waals surface area contributed by atoms with Crippen molar-refractivity contribution >= 4 is 44.2 Å². The number of carbonyl (C=O) groups is 2. The van der Waals surface area contributed by atoms with Gasteiger partial charge >= 0.3 is 0 Å². The van der Waals surface area contributed by atoms with Gasteiger partial charge in [0.2, 0.25) is 0 Å². The Morgan fingerprint density at radius 1 is 1.11 bits per heavy atom. The van der Waals surface area contributed by atoms with Gasteiger partial charge in [0.25, 0.3) is 11.8 Å². The number of hydrogen-bond donors (Lipinski definition) is 3. The molecule has 0 unspecified atom stereocenters. The van der Waals surface area contributed by atoms with Crippen LogP contribution in [0.5, 0.6) is 0 Å². The first-order chi connectivity index (χ1) is 12.9. The van der Waals surface area contributed by atoms with Gasteiger partial charge in [-0.1, -0.05) is 0 Å². The van der Waals surface area contributed by atoms with E-state index in [1.54, 1.807) is 24.3 Å². The van der Waals surface area contributed by atoms with Crippen molar-refractivity contribution in [2.24, 2.45) is 0 Å². The number of carbonyl (C=O) groups excluding carboxylic acids is 2. The fraction of sp³-hybridized carbons (Fsp3) is 0.250. The topological polar surface area (TPSA) is 134 Å². The normalized spacial score (nSPS) is 21.2. The van der Waals surface area contributed by atoms with E-state index in [2.05, 4.69) is 25.0 Å². The first-order valence-corrected chi connectivity index (χ1v) is 10.7. The molecule has 0 bridgehead atoms. The van der Waals surface area contributed by atoms with Crippen LogP contribution in [0, 0.1) is 0 Å². The molecule has 3 heterocycles. The SMILES string of the molecule is O=C(N[C@H]1CS(=O)(=O)C[C@H]1NC(=O)c1ccns1)c1ccc2nc[nH]c2c1. The molecule has 140 valence electrons. The second-order valence-corrected chi connectivity index (χ2v) is 9.23. The molecular formula is C16H15N5O4S2. The molecule has 0 spiro atoms. The summed E-state index contributed by atoms with van der Waals surface area (Å²) in [7, 11) is -3.37. The van der Waals surface area contributed by atoms with Gasteiger partial charge < -0.3 is 15.6 Å². The van der Waals surface area contributed by atoms with Crippen LogP contribution in [0.15, 0.2) is 36.8 Å². The number of nitrogens with one attached hydrogen (secondary N) is 3. The summed E-state index contributed by atoms with van der Waals surface area (Å²) in [5.74, 6) is -1.26. The Balaban J connectivity index is 1.51. The summed E-state index contributed by atoms with van der Waals surface area (Å²) in [4.78, 5) is 32.2. The summed E-state index contributed by atoms with van der Waals surface area (Å²) >= 11 is 1.02. The Hall–Kier alpha value is -2.79. The molecule has 11 heteroatoms. The van der Waals surface area contributed by atoms with Crippen LogP contribution in [0.1, 0.15) is 20.0 Å². The van der Waals surface area contributed by atoms with E-state index >= 15 is 0 Å². The number of rotatable bonds is 4. The molecule has 4 rings (SSSR count). The molecule has 2 amide bonds. The van der Waals surface area contributed by atoms with E-state index in [1.165, 1.54) is 12.5 Å². The van der Waals surface area contributed by atoms with Crippen LogP contribution in [-0.4, -0.2) is 58.2 Å². The van der Waals surface area contributed by atoms with Gasteiger partial charge in [-0.25, -0.2) is 17.8 Å². The third kappa shape index (κ3) is 3.69. The predicted molar refractivity (Wildman–Crippen MR) is 99.4 cm³/mol. The Morgan fingerprint density at radius 3 is 2.56 bits per heavy atom. The van der Waals surface area contributed by atoms with E-state index in [0.29, 0.717) is 16.0 Å². The van der Waals surface area contributed by atoms with E-state index in [9.17, 15) is 18.0 Å². The van der Waals surface area contributed by atoms with Crippen LogP contribution in [-0.2, 0) is 9.84 Å². The lowest BCUT2D eigenvalue weighted by molar-refractivity contribution is 0.0899. The van der Waals surface area contributed by atoms with Gasteiger partial charge in [-0.05, 0) is 35.8 Å². The lowest BCUT2D eigenvalue weighted by atomic mass is 10.1. The molecule has 1 fully saturated rings. The molecule has 0 radical (unpaired) electrons.